The first-order valence-electron chi connectivity index (χ1n) is 10.2. The van der Waals surface area contributed by atoms with Crippen LogP contribution in [0.15, 0.2) is 29.6 Å². The third-order valence-electron chi connectivity index (χ3n) is 4.48. The van der Waals surface area contributed by atoms with Crippen LogP contribution in [0, 0.1) is 0 Å². The predicted molar refractivity (Wildman–Crippen MR) is 123 cm³/mol. The molecule has 0 spiro atoms. The number of hydrogen-bond donors (Lipinski definition) is 2. The average Bonchev–Trinajstić information content (AvgIpc) is 3.13. The number of alkyl carbamates (subject to hydrolysis) is 1. The number of anilines is 2. The summed E-state index contributed by atoms with van der Waals surface area (Å²) in [6, 6.07) is 8.20. The number of ether oxygens (including phenoxy) is 2. The number of amides is 2. The summed E-state index contributed by atoms with van der Waals surface area (Å²) in [5.41, 5.74) is 2.09. The Kier molecular flexibility index (Phi) is 6.86. The van der Waals surface area contributed by atoms with E-state index in [2.05, 4.69) is 46.5 Å². The number of nitrogens with one attached hydrogen (secondary N) is 2. The molecular weight excluding hydrogens is 416 g/mol. The molecule has 0 atom stereocenters. The van der Waals surface area contributed by atoms with Gasteiger partial charge in [-0.1, -0.05) is 12.1 Å². The first kappa shape index (κ1) is 23.0. The zero-order valence-electron chi connectivity index (χ0n) is 18.7. The quantitative estimate of drug-likeness (QED) is 0.724. The average molecular weight is 447 g/mol. The maximum absolute atomic E-state index is 12.1. The maximum atomic E-state index is 12.1. The Hall–Kier alpha value is -2.65. The van der Waals surface area contributed by atoms with E-state index in [-0.39, 0.29) is 18.1 Å². The summed E-state index contributed by atoms with van der Waals surface area (Å²) in [4.78, 5) is 30.6. The van der Waals surface area contributed by atoms with E-state index in [1.54, 1.807) is 20.8 Å². The lowest BCUT2D eigenvalue weighted by Gasteiger charge is -2.39. The predicted octanol–water partition coefficient (Wildman–Crippen LogP) is 3.89. The molecule has 2 heterocycles. The molecule has 8 nitrogen and oxygen atoms in total. The van der Waals surface area contributed by atoms with E-state index in [4.69, 9.17) is 9.47 Å². The molecular formula is C22H30N4O4S. The molecule has 9 heteroatoms. The van der Waals surface area contributed by atoms with Crippen molar-refractivity contribution < 1.29 is 19.1 Å². The number of rotatable bonds is 5. The Morgan fingerprint density at radius 3 is 2.81 bits per heavy atom. The van der Waals surface area contributed by atoms with Gasteiger partial charge in [0, 0.05) is 29.7 Å². The molecule has 1 aromatic heterocycles. The summed E-state index contributed by atoms with van der Waals surface area (Å²) in [5, 5.41) is 7.52. The Labute approximate surface area is 186 Å². The Balaban J connectivity index is 1.59. The summed E-state index contributed by atoms with van der Waals surface area (Å²) in [6.07, 6.45) is -0.634. The van der Waals surface area contributed by atoms with Crippen molar-refractivity contribution in [3.05, 3.63) is 29.6 Å². The molecule has 1 aliphatic rings. The van der Waals surface area contributed by atoms with Crippen LogP contribution in [-0.2, 0) is 14.3 Å². The first-order valence-corrected chi connectivity index (χ1v) is 11.1. The van der Waals surface area contributed by atoms with Crippen LogP contribution in [-0.4, -0.2) is 54.4 Å². The minimum atomic E-state index is -0.634. The van der Waals surface area contributed by atoms with Crippen molar-refractivity contribution in [3.8, 4) is 11.3 Å². The second kappa shape index (κ2) is 9.23. The Bertz CT molecular complexity index is 936. The molecule has 2 amide bonds. The summed E-state index contributed by atoms with van der Waals surface area (Å²) in [5.74, 6) is -0.365. The SMILES string of the molecule is CC(C)(C)OC(=O)NCC(=O)Nc1nc(-c2cccc(N3CCOC(C)(C)C3)c2)cs1. The molecule has 31 heavy (non-hydrogen) atoms. The lowest BCUT2D eigenvalue weighted by Crippen LogP contribution is -2.48. The van der Waals surface area contributed by atoms with Crippen molar-refractivity contribution >= 4 is 34.2 Å². The molecule has 1 aliphatic heterocycles. The van der Waals surface area contributed by atoms with E-state index < -0.39 is 11.7 Å². The fraction of sp³-hybridized carbons (Fsp3) is 0.500. The largest absolute Gasteiger partial charge is 0.444 e. The van der Waals surface area contributed by atoms with Crippen LogP contribution >= 0.6 is 11.3 Å². The van der Waals surface area contributed by atoms with Gasteiger partial charge in [0.05, 0.1) is 17.9 Å². The third kappa shape index (κ3) is 6.93. The summed E-state index contributed by atoms with van der Waals surface area (Å²) in [7, 11) is 0. The highest BCUT2D eigenvalue weighted by atomic mass is 32.1. The van der Waals surface area contributed by atoms with Crippen molar-refractivity contribution in [2.24, 2.45) is 0 Å². The van der Waals surface area contributed by atoms with Crippen LogP contribution < -0.4 is 15.5 Å². The highest BCUT2D eigenvalue weighted by Crippen LogP contribution is 2.30. The number of nitrogens with zero attached hydrogens (tertiary/aromatic N) is 2. The van der Waals surface area contributed by atoms with Crippen LogP contribution in [0.2, 0.25) is 0 Å². The van der Waals surface area contributed by atoms with Crippen molar-refractivity contribution in [2.45, 2.75) is 45.8 Å². The van der Waals surface area contributed by atoms with Crippen molar-refractivity contribution in [1.29, 1.82) is 0 Å². The number of carbonyl (C=O) groups excluding carboxylic acids is 2. The third-order valence-corrected chi connectivity index (χ3v) is 5.23. The van der Waals surface area contributed by atoms with Gasteiger partial charge in [0.25, 0.3) is 0 Å². The fourth-order valence-electron chi connectivity index (χ4n) is 3.19. The summed E-state index contributed by atoms with van der Waals surface area (Å²) < 4.78 is 10.9. The van der Waals surface area contributed by atoms with Gasteiger partial charge in [-0.05, 0) is 46.8 Å². The van der Waals surface area contributed by atoms with Gasteiger partial charge in [-0.25, -0.2) is 9.78 Å². The number of carbonyl (C=O) groups is 2. The number of benzene rings is 1. The van der Waals surface area contributed by atoms with Crippen molar-refractivity contribution in [2.75, 3.05) is 36.5 Å². The van der Waals surface area contributed by atoms with Crippen molar-refractivity contribution in [3.63, 3.8) is 0 Å². The number of hydrogen-bond acceptors (Lipinski definition) is 7. The number of thiazole rings is 1. The minimum Gasteiger partial charge on any atom is -0.444 e. The second-order valence-electron chi connectivity index (χ2n) is 9.02. The van der Waals surface area contributed by atoms with Crippen LogP contribution in [0.4, 0.5) is 15.6 Å². The van der Waals surface area contributed by atoms with Gasteiger partial charge in [-0.15, -0.1) is 11.3 Å². The molecule has 1 aromatic carbocycles. The molecule has 3 rings (SSSR count). The van der Waals surface area contributed by atoms with Gasteiger partial charge in [0.1, 0.15) is 12.1 Å². The molecule has 0 bridgehead atoms. The van der Waals surface area contributed by atoms with Crippen LogP contribution in [0.1, 0.15) is 34.6 Å². The molecule has 2 N–H and O–H groups in total. The zero-order valence-corrected chi connectivity index (χ0v) is 19.5. The molecule has 0 radical (unpaired) electrons. The highest BCUT2D eigenvalue weighted by Gasteiger charge is 2.27. The van der Waals surface area contributed by atoms with Gasteiger partial charge in [0.15, 0.2) is 5.13 Å². The van der Waals surface area contributed by atoms with Gasteiger partial charge in [-0.2, -0.15) is 0 Å². The standard InChI is InChI=1S/C22H30N4O4S/c1-21(2,3)30-20(28)23-12-18(27)25-19-24-17(13-31-19)15-7-6-8-16(11-15)26-9-10-29-22(4,5)14-26/h6-8,11,13H,9-10,12,14H2,1-5H3,(H,23,28)(H,24,25,27). The van der Waals surface area contributed by atoms with Gasteiger partial charge < -0.3 is 25.0 Å². The molecule has 0 unspecified atom stereocenters. The van der Waals surface area contributed by atoms with Gasteiger partial charge in [0.2, 0.25) is 5.91 Å². The lowest BCUT2D eigenvalue weighted by molar-refractivity contribution is -0.115. The van der Waals surface area contributed by atoms with E-state index in [0.29, 0.717) is 11.7 Å². The lowest BCUT2D eigenvalue weighted by atomic mass is 10.1. The topological polar surface area (TPSA) is 92.8 Å². The molecule has 0 aliphatic carbocycles. The Morgan fingerprint density at radius 1 is 1.32 bits per heavy atom. The van der Waals surface area contributed by atoms with Crippen molar-refractivity contribution in [1.82, 2.24) is 10.3 Å². The molecule has 2 aromatic rings. The summed E-state index contributed by atoms with van der Waals surface area (Å²) >= 11 is 1.34. The van der Waals surface area contributed by atoms with E-state index in [1.165, 1.54) is 11.3 Å². The smallest absolute Gasteiger partial charge is 0.408 e. The van der Waals surface area contributed by atoms with Crippen LogP contribution in [0.3, 0.4) is 0 Å². The molecule has 1 saturated heterocycles. The normalized spacial score (nSPS) is 16.0. The highest BCUT2D eigenvalue weighted by molar-refractivity contribution is 7.14. The van der Waals surface area contributed by atoms with Crippen LogP contribution in [0.25, 0.3) is 11.3 Å². The Morgan fingerprint density at radius 2 is 2.10 bits per heavy atom. The van der Waals surface area contributed by atoms with Crippen LogP contribution in [0.5, 0.6) is 0 Å². The van der Waals surface area contributed by atoms with E-state index in [0.717, 1.165) is 30.0 Å². The molecule has 1 fully saturated rings. The zero-order chi connectivity index (χ0) is 22.6. The number of morpholine rings is 1. The number of aromatic nitrogens is 1. The van der Waals surface area contributed by atoms with Gasteiger partial charge in [-0.3, -0.25) is 4.79 Å². The molecule has 0 saturated carbocycles. The van der Waals surface area contributed by atoms with E-state index in [1.807, 2.05) is 17.5 Å². The second-order valence-corrected chi connectivity index (χ2v) is 9.88. The molecule has 168 valence electrons. The van der Waals surface area contributed by atoms with E-state index in [9.17, 15) is 9.59 Å². The minimum absolute atomic E-state index is 0.181. The van der Waals surface area contributed by atoms with Gasteiger partial charge >= 0.3 is 6.09 Å². The first-order chi connectivity index (χ1) is 14.5. The van der Waals surface area contributed by atoms with E-state index >= 15 is 0 Å². The fourth-order valence-corrected chi connectivity index (χ4v) is 3.93. The maximum Gasteiger partial charge on any atom is 0.408 e. The summed E-state index contributed by atoms with van der Waals surface area (Å²) in [6.45, 7) is 11.6. The monoisotopic (exact) mass is 446 g/mol.